The number of rotatable bonds is 5. The van der Waals surface area contributed by atoms with Gasteiger partial charge in [-0.15, -0.1) is 11.3 Å². The van der Waals surface area contributed by atoms with Crippen LogP contribution in [-0.2, 0) is 14.8 Å². The summed E-state index contributed by atoms with van der Waals surface area (Å²) in [6, 6.07) is 9.23. The number of para-hydroxylation sites is 2. The van der Waals surface area contributed by atoms with Crippen LogP contribution in [0.1, 0.15) is 0 Å². The van der Waals surface area contributed by atoms with Gasteiger partial charge in [0, 0.05) is 0 Å². The van der Waals surface area contributed by atoms with Crippen LogP contribution in [0.15, 0.2) is 44.4 Å². The van der Waals surface area contributed by atoms with Crippen molar-refractivity contribution in [2.75, 3.05) is 16.6 Å². The van der Waals surface area contributed by atoms with E-state index >= 15 is 0 Å². The number of sulfonamides is 1. The van der Waals surface area contributed by atoms with Gasteiger partial charge in [0.2, 0.25) is 0 Å². The van der Waals surface area contributed by atoms with Gasteiger partial charge in [-0.2, -0.15) is 0 Å². The third-order valence-electron chi connectivity index (χ3n) is 2.58. The molecule has 0 atom stereocenters. The van der Waals surface area contributed by atoms with Crippen LogP contribution in [0.5, 0.6) is 0 Å². The van der Waals surface area contributed by atoms with Gasteiger partial charge < -0.3 is 10.8 Å². The summed E-state index contributed by atoms with van der Waals surface area (Å²) in [6.45, 7) is -0.702. The number of nitrogen functional groups attached to an aromatic ring is 1. The van der Waals surface area contributed by atoms with E-state index in [1.54, 1.807) is 18.2 Å². The third-order valence-corrected chi connectivity index (χ3v) is 6.43. The number of nitrogens with two attached hydrogens (primary N) is 1. The fourth-order valence-electron chi connectivity index (χ4n) is 1.68. The number of benzene rings is 1. The fraction of sp³-hybridized carbons (Fsp3) is 0.0833. The molecule has 2 aromatic rings. The number of carboxylic acids is 1. The second-order valence-electron chi connectivity index (χ2n) is 4.02. The second kappa shape index (κ2) is 6.04. The van der Waals surface area contributed by atoms with Crippen molar-refractivity contribution in [3.63, 3.8) is 0 Å². The molecule has 0 radical (unpaired) electrons. The van der Waals surface area contributed by atoms with E-state index in [1.807, 2.05) is 0 Å². The quantitative estimate of drug-likeness (QED) is 0.763. The standard InChI is InChI=1S/C12H11BrN2O4S2/c13-10-5-6-12(20-10)21(18,19)15(7-11(16)17)9-4-2-1-3-8(9)14/h1-6H,7,14H2,(H,16,17). The van der Waals surface area contributed by atoms with E-state index in [1.165, 1.54) is 18.2 Å². The Labute approximate surface area is 134 Å². The van der Waals surface area contributed by atoms with Gasteiger partial charge in [0.05, 0.1) is 15.2 Å². The van der Waals surface area contributed by atoms with Crippen LogP contribution < -0.4 is 10.0 Å². The first-order chi connectivity index (χ1) is 9.82. The second-order valence-corrected chi connectivity index (χ2v) is 8.57. The lowest BCUT2D eigenvalue weighted by atomic mass is 10.3. The van der Waals surface area contributed by atoms with Crippen molar-refractivity contribution >= 4 is 54.6 Å². The lowest BCUT2D eigenvalue weighted by Crippen LogP contribution is -2.35. The molecule has 0 aliphatic carbocycles. The molecular formula is C12H11BrN2O4S2. The number of hydrogen-bond donors (Lipinski definition) is 2. The average Bonchev–Trinajstić information content (AvgIpc) is 2.84. The zero-order valence-electron chi connectivity index (χ0n) is 10.6. The predicted octanol–water partition coefficient (Wildman–Crippen LogP) is 2.37. The lowest BCUT2D eigenvalue weighted by molar-refractivity contribution is -0.135. The lowest BCUT2D eigenvalue weighted by Gasteiger charge is -2.23. The van der Waals surface area contributed by atoms with E-state index in [-0.39, 0.29) is 15.6 Å². The molecule has 6 nitrogen and oxygen atoms in total. The van der Waals surface area contributed by atoms with Crippen molar-refractivity contribution in [2.24, 2.45) is 0 Å². The van der Waals surface area contributed by atoms with Gasteiger partial charge in [-0.3, -0.25) is 9.10 Å². The van der Waals surface area contributed by atoms with E-state index in [9.17, 15) is 13.2 Å². The Balaban J connectivity index is 2.56. The molecule has 0 fully saturated rings. The highest BCUT2D eigenvalue weighted by Gasteiger charge is 2.29. The van der Waals surface area contributed by atoms with Gasteiger partial charge in [0.15, 0.2) is 0 Å². The molecule has 0 aliphatic heterocycles. The molecule has 0 amide bonds. The van der Waals surface area contributed by atoms with Crippen LogP contribution in [-0.4, -0.2) is 26.0 Å². The molecule has 1 aromatic heterocycles. The minimum Gasteiger partial charge on any atom is -0.480 e. The monoisotopic (exact) mass is 390 g/mol. The Morgan fingerprint density at radius 1 is 1.29 bits per heavy atom. The number of anilines is 2. The number of carbonyl (C=O) groups is 1. The Morgan fingerprint density at radius 3 is 2.48 bits per heavy atom. The van der Waals surface area contributed by atoms with Crippen LogP contribution in [0, 0.1) is 0 Å². The highest BCUT2D eigenvalue weighted by molar-refractivity contribution is 9.11. The Morgan fingerprint density at radius 2 is 1.95 bits per heavy atom. The first-order valence-electron chi connectivity index (χ1n) is 5.67. The number of aliphatic carboxylic acids is 1. The summed E-state index contributed by atoms with van der Waals surface area (Å²) in [5.41, 5.74) is 6.11. The maximum atomic E-state index is 12.6. The highest BCUT2D eigenvalue weighted by atomic mass is 79.9. The highest BCUT2D eigenvalue weighted by Crippen LogP contribution is 2.33. The molecule has 3 N–H and O–H groups in total. The first kappa shape index (κ1) is 15.8. The van der Waals surface area contributed by atoms with Crippen molar-refractivity contribution in [1.29, 1.82) is 0 Å². The van der Waals surface area contributed by atoms with Gasteiger partial charge >= 0.3 is 5.97 Å². The molecule has 1 aromatic carbocycles. The molecule has 2 rings (SSSR count). The Kier molecular flexibility index (Phi) is 4.55. The molecular weight excluding hydrogens is 380 g/mol. The average molecular weight is 391 g/mol. The molecule has 0 saturated carbocycles. The van der Waals surface area contributed by atoms with Gasteiger partial charge in [-0.25, -0.2) is 8.42 Å². The number of halogens is 1. The van der Waals surface area contributed by atoms with Crippen LogP contribution in [0.25, 0.3) is 0 Å². The first-order valence-corrected chi connectivity index (χ1v) is 8.71. The predicted molar refractivity (Wildman–Crippen MR) is 85.0 cm³/mol. The molecule has 0 bridgehead atoms. The van der Waals surface area contributed by atoms with Crippen molar-refractivity contribution < 1.29 is 18.3 Å². The largest absolute Gasteiger partial charge is 0.480 e. The van der Waals surface area contributed by atoms with E-state index in [2.05, 4.69) is 15.9 Å². The molecule has 21 heavy (non-hydrogen) atoms. The summed E-state index contributed by atoms with van der Waals surface area (Å²) in [5.74, 6) is -1.27. The zero-order chi connectivity index (χ0) is 15.6. The van der Waals surface area contributed by atoms with Crippen molar-refractivity contribution in [1.82, 2.24) is 0 Å². The summed E-state index contributed by atoms with van der Waals surface area (Å²) < 4.78 is 26.7. The number of hydrogen-bond acceptors (Lipinski definition) is 5. The molecule has 0 spiro atoms. The Hall–Kier alpha value is -1.58. The van der Waals surface area contributed by atoms with Gasteiger partial charge in [-0.1, -0.05) is 12.1 Å². The SMILES string of the molecule is Nc1ccccc1N(CC(=O)O)S(=O)(=O)c1ccc(Br)s1. The number of thiophene rings is 1. The zero-order valence-corrected chi connectivity index (χ0v) is 13.8. The van der Waals surface area contributed by atoms with Crippen molar-refractivity contribution in [3.05, 3.63) is 40.2 Å². The minimum atomic E-state index is -3.99. The van der Waals surface area contributed by atoms with E-state index in [4.69, 9.17) is 10.8 Å². The van der Waals surface area contributed by atoms with Crippen LogP contribution in [0.4, 0.5) is 11.4 Å². The van der Waals surface area contributed by atoms with E-state index < -0.39 is 22.5 Å². The number of carboxylic acid groups (broad SMARTS) is 1. The van der Waals surface area contributed by atoms with E-state index in [0.717, 1.165) is 15.6 Å². The molecule has 9 heteroatoms. The molecule has 0 saturated heterocycles. The normalized spacial score (nSPS) is 11.3. The molecule has 112 valence electrons. The summed E-state index contributed by atoms with van der Waals surface area (Å²) >= 11 is 4.19. The van der Waals surface area contributed by atoms with Crippen LogP contribution in [0.2, 0.25) is 0 Å². The summed E-state index contributed by atoms with van der Waals surface area (Å²) in [5, 5.41) is 9.00. The number of nitrogens with zero attached hydrogens (tertiary/aromatic N) is 1. The maximum absolute atomic E-state index is 12.6. The minimum absolute atomic E-state index is 0.0406. The Bertz CT molecular complexity index is 773. The topological polar surface area (TPSA) is 101 Å². The van der Waals surface area contributed by atoms with Crippen molar-refractivity contribution in [2.45, 2.75) is 4.21 Å². The molecule has 0 aliphatic rings. The van der Waals surface area contributed by atoms with E-state index in [0.29, 0.717) is 3.79 Å². The smallest absolute Gasteiger partial charge is 0.324 e. The molecule has 1 heterocycles. The van der Waals surface area contributed by atoms with Gasteiger partial charge in [0.25, 0.3) is 10.0 Å². The maximum Gasteiger partial charge on any atom is 0.324 e. The summed E-state index contributed by atoms with van der Waals surface area (Å²) in [7, 11) is -3.99. The fourth-order valence-corrected chi connectivity index (χ4v) is 5.25. The molecule has 0 unspecified atom stereocenters. The summed E-state index contributed by atoms with van der Waals surface area (Å²) in [4.78, 5) is 11.0. The summed E-state index contributed by atoms with van der Waals surface area (Å²) in [6.07, 6.45) is 0. The third kappa shape index (κ3) is 3.36. The van der Waals surface area contributed by atoms with Crippen molar-refractivity contribution in [3.8, 4) is 0 Å². The van der Waals surface area contributed by atoms with Gasteiger partial charge in [0.1, 0.15) is 10.8 Å². The van der Waals surface area contributed by atoms with Crippen LogP contribution >= 0.6 is 27.3 Å². The van der Waals surface area contributed by atoms with Crippen LogP contribution in [0.3, 0.4) is 0 Å². The van der Waals surface area contributed by atoms with Gasteiger partial charge in [-0.05, 0) is 40.2 Å².